The van der Waals surface area contributed by atoms with E-state index in [-0.39, 0.29) is 29.1 Å². The van der Waals surface area contributed by atoms with E-state index in [1.807, 2.05) is 36.0 Å². The number of primary amides is 1. The molecule has 2 aromatic rings. The van der Waals surface area contributed by atoms with Crippen LogP contribution in [-0.4, -0.2) is 66.1 Å². The van der Waals surface area contributed by atoms with Crippen molar-refractivity contribution in [2.75, 3.05) is 6.54 Å². The van der Waals surface area contributed by atoms with Gasteiger partial charge in [-0.05, 0) is 104 Å². The van der Waals surface area contributed by atoms with Gasteiger partial charge in [-0.25, -0.2) is 4.68 Å². The number of allylic oxidation sites excluding steroid dienone is 1. The number of aromatic nitrogens is 2. The van der Waals surface area contributed by atoms with Crippen molar-refractivity contribution in [3.63, 3.8) is 0 Å². The molecular weight excluding hydrogens is 564 g/mol. The predicted molar refractivity (Wildman–Crippen MR) is 163 cm³/mol. The van der Waals surface area contributed by atoms with Gasteiger partial charge in [-0.15, -0.1) is 12.6 Å². The maximum atomic E-state index is 13.4. The minimum Gasteiger partial charge on any atom is -0.393 e. The molecule has 0 bridgehead atoms. The topological polar surface area (TPSA) is 139 Å². The lowest BCUT2D eigenvalue weighted by Gasteiger charge is -2.60. The zero-order chi connectivity index (χ0) is 30.5. The van der Waals surface area contributed by atoms with Crippen LogP contribution in [0.3, 0.4) is 0 Å². The Morgan fingerprint density at radius 2 is 1.95 bits per heavy atom. The molecule has 10 heteroatoms. The molecular formula is C33H40N4O5S. The molecule has 0 radical (unpaired) electrons. The summed E-state index contributed by atoms with van der Waals surface area (Å²) < 4.78 is 1.88. The third-order valence-electron chi connectivity index (χ3n) is 12.1. The fourth-order valence-corrected chi connectivity index (χ4v) is 10.4. The molecule has 0 unspecified atom stereocenters. The molecule has 2 amide bonds. The summed E-state index contributed by atoms with van der Waals surface area (Å²) in [5.41, 5.74) is 7.72. The Labute approximate surface area is 256 Å². The summed E-state index contributed by atoms with van der Waals surface area (Å²) in [4.78, 5) is 39.3. The number of nitrogens with zero attached hydrogens (tertiary/aromatic N) is 3. The van der Waals surface area contributed by atoms with Crippen molar-refractivity contribution in [3.05, 3.63) is 52.9 Å². The highest BCUT2D eigenvalue weighted by atomic mass is 32.1. The fourth-order valence-electron chi connectivity index (χ4n) is 9.99. The molecule has 0 spiro atoms. The zero-order valence-corrected chi connectivity index (χ0v) is 25.6. The van der Waals surface area contributed by atoms with Crippen molar-refractivity contribution >= 4 is 35.6 Å². The number of thiol groups is 1. The third-order valence-corrected chi connectivity index (χ3v) is 12.5. The molecule has 5 aliphatic rings. The Kier molecular flexibility index (Phi) is 6.55. The van der Waals surface area contributed by atoms with E-state index in [4.69, 9.17) is 10.8 Å². The van der Waals surface area contributed by atoms with Gasteiger partial charge in [0.1, 0.15) is 11.6 Å². The van der Waals surface area contributed by atoms with Crippen molar-refractivity contribution in [1.82, 2.24) is 14.7 Å². The van der Waals surface area contributed by atoms with Crippen LogP contribution in [0.15, 0.2) is 36.0 Å². The van der Waals surface area contributed by atoms with Crippen LogP contribution in [0.5, 0.6) is 0 Å². The average molecular weight is 605 g/mol. The molecule has 1 aliphatic heterocycles. The standard InChI is InChI=1S/C33H40N4O5S/c1-31-15-19-17-35-37(21-6-3-5-18(13-21)29(40)36-12-4-7-24(36)28(34)39)25(19)14-20(31)8-9-22-23-10-11-33(42,30(41)43)32(23,2)16-26(38)27(22)31/h3,5-6,13-14,17,22-24,26-27,38,42H,4,7-12,15-16H2,1-2H3,(H2,34,39)(H,41,43)/t22-,23-,24+,26-,27+,31-,32-,33-/m0/s1. The first-order chi connectivity index (χ1) is 20.4. The number of nitrogens with two attached hydrogens (primary N) is 1. The summed E-state index contributed by atoms with van der Waals surface area (Å²) in [5.74, 6) is -0.315. The number of rotatable bonds is 4. The highest BCUT2D eigenvalue weighted by Crippen LogP contribution is 2.67. The van der Waals surface area contributed by atoms with E-state index >= 15 is 0 Å². The summed E-state index contributed by atoms with van der Waals surface area (Å²) in [6, 6.07) is 6.78. The van der Waals surface area contributed by atoms with Crippen LogP contribution in [-0.2, 0) is 16.0 Å². The summed E-state index contributed by atoms with van der Waals surface area (Å²) in [5, 5.41) is 27.4. The molecule has 4 aliphatic carbocycles. The molecule has 2 heterocycles. The van der Waals surface area contributed by atoms with Gasteiger partial charge in [0.15, 0.2) is 0 Å². The first-order valence-corrected chi connectivity index (χ1v) is 16.0. The number of hydrogen-bond donors (Lipinski definition) is 4. The van der Waals surface area contributed by atoms with Crippen LogP contribution >= 0.6 is 12.6 Å². The largest absolute Gasteiger partial charge is 0.393 e. The first-order valence-electron chi connectivity index (χ1n) is 15.5. The molecule has 9 nitrogen and oxygen atoms in total. The number of amides is 2. The van der Waals surface area contributed by atoms with Gasteiger partial charge >= 0.3 is 0 Å². The van der Waals surface area contributed by atoms with Crippen LogP contribution in [0.2, 0.25) is 0 Å². The normalized spacial score (nSPS) is 38.0. The van der Waals surface area contributed by atoms with E-state index in [1.165, 1.54) is 5.57 Å². The summed E-state index contributed by atoms with van der Waals surface area (Å²) in [6.45, 7) is 4.75. The molecule has 1 saturated heterocycles. The molecule has 3 saturated carbocycles. The van der Waals surface area contributed by atoms with E-state index in [9.17, 15) is 24.6 Å². The lowest BCUT2D eigenvalue weighted by atomic mass is 9.45. The fraction of sp³-hybridized carbons (Fsp3) is 0.576. The molecule has 43 heavy (non-hydrogen) atoms. The number of carbonyl (C=O) groups excluding carboxylic acids is 3. The Morgan fingerprint density at radius 3 is 2.70 bits per heavy atom. The predicted octanol–water partition coefficient (Wildman–Crippen LogP) is 3.30. The Morgan fingerprint density at radius 1 is 1.16 bits per heavy atom. The highest BCUT2D eigenvalue weighted by molar-refractivity contribution is 7.96. The van der Waals surface area contributed by atoms with Crippen molar-refractivity contribution < 1.29 is 24.6 Å². The Bertz CT molecular complexity index is 1570. The second-order valence-corrected chi connectivity index (χ2v) is 14.5. The molecule has 4 N–H and O–H groups in total. The van der Waals surface area contributed by atoms with Crippen molar-refractivity contribution in [3.8, 4) is 5.69 Å². The number of carbonyl (C=O) groups is 3. The van der Waals surface area contributed by atoms with Crippen LogP contribution in [0, 0.1) is 28.6 Å². The van der Waals surface area contributed by atoms with Crippen molar-refractivity contribution in [2.45, 2.75) is 83.0 Å². The number of likely N-dealkylation sites (tertiary alicyclic amines) is 1. The summed E-state index contributed by atoms with van der Waals surface area (Å²) in [6.07, 6.45) is 8.85. The van der Waals surface area contributed by atoms with Crippen molar-refractivity contribution in [1.29, 1.82) is 0 Å². The number of aliphatic hydroxyl groups is 2. The highest BCUT2D eigenvalue weighted by Gasteiger charge is 2.68. The maximum Gasteiger partial charge on any atom is 0.254 e. The van der Waals surface area contributed by atoms with Crippen molar-refractivity contribution in [2.24, 2.45) is 34.3 Å². The van der Waals surface area contributed by atoms with Gasteiger partial charge in [0.05, 0.1) is 23.7 Å². The van der Waals surface area contributed by atoms with Gasteiger partial charge in [0.2, 0.25) is 11.0 Å². The van der Waals surface area contributed by atoms with Gasteiger partial charge in [-0.3, -0.25) is 14.4 Å². The molecule has 1 aromatic heterocycles. The van der Waals surface area contributed by atoms with Gasteiger partial charge in [0, 0.05) is 17.5 Å². The van der Waals surface area contributed by atoms with Crippen LogP contribution in [0.25, 0.3) is 11.8 Å². The minimum atomic E-state index is -1.50. The number of benzene rings is 1. The maximum absolute atomic E-state index is 13.4. The average Bonchev–Trinajstić information content (AvgIpc) is 3.67. The van der Waals surface area contributed by atoms with E-state index in [0.717, 1.165) is 49.0 Å². The van der Waals surface area contributed by atoms with Crippen LogP contribution < -0.4 is 5.73 Å². The summed E-state index contributed by atoms with van der Waals surface area (Å²) in [7, 11) is 0. The van der Waals surface area contributed by atoms with Crippen LogP contribution in [0.1, 0.15) is 80.4 Å². The molecule has 1 aromatic carbocycles. The molecule has 8 atom stereocenters. The smallest absolute Gasteiger partial charge is 0.254 e. The summed E-state index contributed by atoms with van der Waals surface area (Å²) >= 11 is 4.08. The number of fused-ring (bicyclic) bond motifs is 6. The van der Waals surface area contributed by atoms with E-state index in [0.29, 0.717) is 31.4 Å². The van der Waals surface area contributed by atoms with Crippen LogP contribution in [0.4, 0.5) is 0 Å². The molecule has 228 valence electrons. The van der Waals surface area contributed by atoms with E-state index < -0.39 is 34.2 Å². The van der Waals surface area contributed by atoms with E-state index in [2.05, 4.69) is 25.6 Å². The van der Waals surface area contributed by atoms with E-state index in [1.54, 1.807) is 11.0 Å². The second kappa shape index (κ2) is 9.78. The lowest BCUT2D eigenvalue weighted by Crippen LogP contribution is -2.61. The lowest BCUT2D eigenvalue weighted by molar-refractivity contribution is -0.173. The van der Waals surface area contributed by atoms with Gasteiger partial charge in [-0.2, -0.15) is 5.10 Å². The number of hydrogen-bond acceptors (Lipinski definition) is 6. The SMILES string of the molecule is C[C@]12Cc3cnn(-c4cccc(C(=O)N5CCC[C@@H]5C(N)=O)c4)c3C=C1CC[C@@H]1[C@@H]2[C@@H](O)C[C@@]2(C)[C@H]1CC[C@]2(O)C(=O)S. The van der Waals surface area contributed by atoms with Gasteiger partial charge in [0.25, 0.3) is 5.91 Å². The first kappa shape index (κ1) is 28.8. The monoisotopic (exact) mass is 604 g/mol. The zero-order valence-electron chi connectivity index (χ0n) is 24.7. The van der Waals surface area contributed by atoms with Gasteiger partial charge in [-0.1, -0.05) is 25.5 Å². The minimum absolute atomic E-state index is 0.0130. The van der Waals surface area contributed by atoms with Gasteiger partial charge < -0.3 is 20.8 Å². The second-order valence-electron chi connectivity index (χ2n) is 14.1. The Balaban J connectivity index is 1.19. The molecule has 7 rings (SSSR count). The Hall–Kier alpha value is -2.95. The third kappa shape index (κ3) is 3.98. The molecule has 4 fully saturated rings. The number of aliphatic hydroxyl groups excluding tert-OH is 1. The quantitative estimate of drug-likeness (QED) is 0.395.